The highest BCUT2D eigenvalue weighted by Crippen LogP contribution is 2.17. The Morgan fingerprint density at radius 3 is 2.48 bits per heavy atom. The molecule has 0 aliphatic carbocycles. The zero-order chi connectivity index (χ0) is 20.0. The minimum absolute atomic E-state index is 0.0901. The van der Waals surface area contributed by atoms with Gasteiger partial charge in [0.25, 0.3) is 5.91 Å². The maximum absolute atomic E-state index is 12.6. The molecule has 1 fully saturated rings. The molecule has 27 heavy (non-hydrogen) atoms. The molecule has 150 valence electrons. The van der Waals surface area contributed by atoms with Crippen LogP contribution in [0.5, 0.6) is 0 Å². The van der Waals surface area contributed by atoms with Gasteiger partial charge in [0, 0.05) is 38.2 Å². The number of amides is 2. The normalized spacial score (nSPS) is 18.4. The molecule has 2 amide bonds. The van der Waals surface area contributed by atoms with Crippen LogP contribution in [0.4, 0.5) is 0 Å². The van der Waals surface area contributed by atoms with Gasteiger partial charge < -0.3 is 10.2 Å². The third-order valence-corrected chi connectivity index (χ3v) is 6.30. The molecule has 0 spiro atoms. The Bertz CT molecular complexity index is 760. The fourth-order valence-corrected chi connectivity index (χ4v) is 4.33. The lowest BCUT2D eigenvalue weighted by molar-refractivity contribution is -0.130. The maximum Gasteiger partial charge on any atom is 0.251 e. The third-order valence-electron chi connectivity index (χ3n) is 4.76. The van der Waals surface area contributed by atoms with E-state index in [9.17, 15) is 18.0 Å². The van der Waals surface area contributed by atoms with Crippen LogP contribution in [0.2, 0.25) is 0 Å². The molecule has 1 aliphatic heterocycles. The molecule has 1 unspecified atom stereocenters. The largest absolute Gasteiger partial charge is 0.355 e. The molecule has 2 N–H and O–H groups in total. The highest BCUT2D eigenvalue weighted by Gasteiger charge is 2.26. The smallest absolute Gasteiger partial charge is 0.251 e. The summed E-state index contributed by atoms with van der Waals surface area (Å²) in [5, 5.41) is 2.50. The van der Waals surface area contributed by atoms with E-state index in [-0.39, 0.29) is 22.8 Å². The monoisotopic (exact) mass is 395 g/mol. The van der Waals surface area contributed by atoms with Gasteiger partial charge in [-0.15, -0.1) is 0 Å². The molecule has 0 bridgehead atoms. The first-order valence-electron chi connectivity index (χ1n) is 9.35. The van der Waals surface area contributed by atoms with E-state index < -0.39 is 10.0 Å². The molecular formula is C19H29N3O4S. The number of sulfonamides is 1. The van der Waals surface area contributed by atoms with Gasteiger partial charge in [0.1, 0.15) is 0 Å². The van der Waals surface area contributed by atoms with Gasteiger partial charge in [-0.25, -0.2) is 13.1 Å². The third kappa shape index (κ3) is 6.04. The summed E-state index contributed by atoms with van der Waals surface area (Å²) < 4.78 is 28.0. The van der Waals surface area contributed by atoms with Gasteiger partial charge in [0.15, 0.2) is 0 Å². The first-order chi connectivity index (χ1) is 12.7. The number of likely N-dealkylation sites (tertiary alicyclic amines) is 1. The number of carbonyl (C=O) groups is 2. The molecule has 0 radical (unpaired) electrons. The summed E-state index contributed by atoms with van der Waals surface area (Å²) in [6, 6.07) is 5.53. The number of carbonyl (C=O) groups excluding carboxylic acids is 2. The van der Waals surface area contributed by atoms with Crippen LogP contribution in [0.25, 0.3) is 0 Å². The van der Waals surface area contributed by atoms with E-state index in [2.05, 4.69) is 23.9 Å². The van der Waals surface area contributed by atoms with E-state index >= 15 is 0 Å². The van der Waals surface area contributed by atoms with Gasteiger partial charge >= 0.3 is 0 Å². The second-order valence-electron chi connectivity index (χ2n) is 7.31. The molecule has 1 saturated heterocycles. The molecule has 1 atom stereocenters. The molecule has 2 rings (SSSR count). The molecule has 1 aromatic rings. The van der Waals surface area contributed by atoms with Crippen LogP contribution in [0, 0.1) is 5.92 Å². The summed E-state index contributed by atoms with van der Waals surface area (Å²) in [6.07, 6.45) is 2.38. The second-order valence-corrected chi connectivity index (χ2v) is 9.03. The Balaban J connectivity index is 2.01. The van der Waals surface area contributed by atoms with Crippen molar-refractivity contribution >= 4 is 21.8 Å². The van der Waals surface area contributed by atoms with Crippen molar-refractivity contribution in [3.63, 3.8) is 0 Å². The lowest BCUT2D eigenvalue weighted by Crippen LogP contribution is -2.36. The van der Waals surface area contributed by atoms with Crippen molar-refractivity contribution in [3.8, 4) is 0 Å². The van der Waals surface area contributed by atoms with E-state index in [0.29, 0.717) is 37.3 Å². The molecule has 1 heterocycles. The Morgan fingerprint density at radius 1 is 1.22 bits per heavy atom. The van der Waals surface area contributed by atoms with Crippen LogP contribution in [-0.2, 0) is 14.8 Å². The van der Waals surface area contributed by atoms with Gasteiger partial charge in [0.2, 0.25) is 15.9 Å². The summed E-state index contributed by atoms with van der Waals surface area (Å²) in [4.78, 5) is 25.8. The van der Waals surface area contributed by atoms with Crippen LogP contribution < -0.4 is 10.0 Å². The minimum atomic E-state index is -3.70. The molecule has 1 aromatic carbocycles. The SMILES string of the molecule is CNC(=O)c1ccc(S(=O)(=O)NC2CCC(=O)N(CCC(C)C)CC2)cc1. The Morgan fingerprint density at radius 2 is 1.89 bits per heavy atom. The number of benzene rings is 1. The number of hydrogen-bond acceptors (Lipinski definition) is 4. The van der Waals surface area contributed by atoms with Gasteiger partial charge in [-0.2, -0.15) is 0 Å². The molecule has 7 nitrogen and oxygen atoms in total. The Hall–Kier alpha value is -1.93. The van der Waals surface area contributed by atoms with E-state index in [0.717, 1.165) is 13.0 Å². The average Bonchev–Trinajstić information content (AvgIpc) is 2.80. The number of nitrogens with zero attached hydrogens (tertiary/aromatic N) is 1. The topological polar surface area (TPSA) is 95.6 Å². The van der Waals surface area contributed by atoms with Gasteiger partial charge in [-0.3, -0.25) is 9.59 Å². The van der Waals surface area contributed by atoms with E-state index in [1.165, 1.54) is 31.3 Å². The van der Waals surface area contributed by atoms with Crippen LogP contribution in [0.15, 0.2) is 29.2 Å². The van der Waals surface area contributed by atoms with Crippen LogP contribution >= 0.6 is 0 Å². The second kappa shape index (κ2) is 9.32. The van der Waals surface area contributed by atoms with Crippen molar-refractivity contribution in [1.29, 1.82) is 0 Å². The number of hydrogen-bond donors (Lipinski definition) is 2. The number of nitrogens with one attached hydrogen (secondary N) is 2. The summed E-state index contributed by atoms with van der Waals surface area (Å²) >= 11 is 0. The van der Waals surface area contributed by atoms with E-state index in [1.807, 2.05) is 4.90 Å². The summed E-state index contributed by atoms with van der Waals surface area (Å²) in [6.45, 7) is 5.52. The molecule has 8 heteroatoms. The predicted octanol–water partition coefficient (Wildman–Crippen LogP) is 1.75. The lowest BCUT2D eigenvalue weighted by atomic mass is 10.1. The lowest BCUT2D eigenvalue weighted by Gasteiger charge is -2.22. The highest BCUT2D eigenvalue weighted by atomic mass is 32.2. The highest BCUT2D eigenvalue weighted by molar-refractivity contribution is 7.89. The first kappa shape index (κ1) is 21.4. The fraction of sp³-hybridized carbons (Fsp3) is 0.579. The van der Waals surface area contributed by atoms with E-state index in [4.69, 9.17) is 0 Å². The Labute approximate surface area is 161 Å². The maximum atomic E-state index is 12.6. The summed E-state index contributed by atoms with van der Waals surface area (Å²) in [5.41, 5.74) is 0.400. The predicted molar refractivity (Wildman–Crippen MR) is 104 cm³/mol. The van der Waals surface area contributed by atoms with Crippen LogP contribution in [-0.4, -0.2) is 51.3 Å². The Kier molecular flexibility index (Phi) is 7.38. The standard InChI is InChI=1S/C19H29N3O4S/c1-14(2)10-12-22-13-11-16(6-9-18(22)23)21-27(25,26)17-7-4-15(5-8-17)19(24)20-3/h4-5,7-8,14,16,21H,6,9-13H2,1-3H3,(H,20,24). The van der Waals surface area contributed by atoms with Crippen molar-refractivity contribution in [3.05, 3.63) is 29.8 Å². The van der Waals surface area contributed by atoms with Crippen LogP contribution in [0.1, 0.15) is 49.9 Å². The van der Waals surface area contributed by atoms with Crippen molar-refractivity contribution < 1.29 is 18.0 Å². The molecular weight excluding hydrogens is 366 g/mol. The van der Waals surface area contributed by atoms with Gasteiger partial charge in [-0.05, 0) is 49.4 Å². The first-order valence-corrected chi connectivity index (χ1v) is 10.8. The minimum Gasteiger partial charge on any atom is -0.355 e. The van der Waals surface area contributed by atoms with Gasteiger partial charge in [0.05, 0.1) is 4.90 Å². The molecule has 0 aromatic heterocycles. The summed E-state index contributed by atoms with van der Waals surface area (Å²) in [5.74, 6) is 0.344. The quantitative estimate of drug-likeness (QED) is 0.735. The van der Waals surface area contributed by atoms with E-state index in [1.54, 1.807) is 0 Å². The van der Waals surface area contributed by atoms with Crippen LogP contribution in [0.3, 0.4) is 0 Å². The van der Waals surface area contributed by atoms with Crippen molar-refractivity contribution in [2.75, 3.05) is 20.1 Å². The zero-order valence-corrected chi connectivity index (χ0v) is 17.0. The molecule has 1 aliphatic rings. The van der Waals surface area contributed by atoms with Crippen molar-refractivity contribution in [1.82, 2.24) is 14.9 Å². The van der Waals surface area contributed by atoms with Gasteiger partial charge in [-0.1, -0.05) is 13.8 Å². The summed E-state index contributed by atoms with van der Waals surface area (Å²) in [7, 11) is -2.18. The fourth-order valence-electron chi connectivity index (χ4n) is 3.02. The molecule has 0 saturated carbocycles. The van der Waals surface area contributed by atoms with Crippen molar-refractivity contribution in [2.45, 2.75) is 50.5 Å². The number of rotatable bonds is 7. The van der Waals surface area contributed by atoms with Crippen molar-refractivity contribution in [2.24, 2.45) is 5.92 Å². The zero-order valence-electron chi connectivity index (χ0n) is 16.2. The average molecular weight is 396 g/mol.